The lowest BCUT2D eigenvalue weighted by Gasteiger charge is -2.26. The summed E-state index contributed by atoms with van der Waals surface area (Å²) in [4.78, 5) is 2.33. The summed E-state index contributed by atoms with van der Waals surface area (Å²) in [6.45, 7) is 0. The smallest absolute Gasteiger partial charge is 0.137 e. The second-order valence-corrected chi connectivity index (χ2v) is 13.7. The molecule has 0 aliphatic carbocycles. The first-order valence-electron chi connectivity index (χ1n) is 18.0. The van der Waals surface area contributed by atoms with Gasteiger partial charge in [0.05, 0.1) is 11.1 Å². The number of para-hydroxylation sites is 1. The highest BCUT2D eigenvalue weighted by Gasteiger charge is 2.22. The van der Waals surface area contributed by atoms with E-state index in [2.05, 4.69) is 181 Å². The minimum Gasteiger partial charge on any atom is -0.456 e. The third kappa shape index (κ3) is 4.75. The number of benzene rings is 9. The molecule has 248 valence electrons. The fraction of sp³-hybridized carbons (Fsp3) is 0. The van der Waals surface area contributed by atoms with Crippen LogP contribution in [0.5, 0.6) is 0 Å². The van der Waals surface area contributed by atoms with Gasteiger partial charge >= 0.3 is 0 Å². The number of hydrogen-bond donors (Lipinski definition) is 0. The maximum Gasteiger partial charge on any atom is 0.137 e. The minimum atomic E-state index is 0.842. The largest absolute Gasteiger partial charge is 0.456 e. The number of anilines is 3. The summed E-state index contributed by atoms with van der Waals surface area (Å²) in [7, 11) is 0. The molecule has 0 saturated carbocycles. The van der Waals surface area contributed by atoms with Crippen LogP contribution in [0.3, 0.4) is 0 Å². The van der Waals surface area contributed by atoms with Gasteiger partial charge in [0.2, 0.25) is 0 Å². The van der Waals surface area contributed by atoms with E-state index in [0.717, 1.165) is 60.9 Å². The van der Waals surface area contributed by atoms with Crippen molar-refractivity contribution in [2.75, 3.05) is 4.90 Å². The van der Waals surface area contributed by atoms with Crippen molar-refractivity contribution in [2.24, 2.45) is 0 Å². The van der Waals surface area contributed by atoms with Gasteiger partial charge in [-0.05, 0) is 98.4 Å². The van der Waals surface area contributed by atoms with Gasteiger partial charge in [0.15, 0.2) is 0 Å². The van der Waals surface area contributed by atoms with E-state index in [9.17, 15) is 0 Å². The second-order valence-electron chi connectivity index (χ2n) is 13.7. The highest BCUT2D eigenvalue weighted by Crippen LogP contribution is 2.46. The van der Waals surface area contributed by atoms with E-state index < -0.39 is 0 Å². The van der Waals surface area contributed by atoms with Crippen LogP contribution in [-0.2, 0) is 0 Å². The van der Waals surface area contributed by atoms with E-state index in [1.165, 1.54) is 43.8 Å². The van der Waals surface area contributed by atoms with Gasteiger partial charge in [-0.25, -0.2) is 0 Å². The molecule has 2 aromatic heterocycles. The van der Waals surface area contributed by atoms with Crippen molar-refractivity contribution in [3.8, 4) is 22.3 Å². The van der Waals surface area contributed by atoms with Crippen LogP contribution >= 0.6 is 0 Å². The Morgan fingerprint density at radius 3 is 1.85 bits per heavy atom. The Kier molecular flexibility index (Phi) is 6.55. The van der Waals surface area contributed by atoms with E-state index in [4.69, 9.17) is 8.83 Å². The molecule has 0 aliphatic heterocycles. The zero-order chi connectivity index (χ0) is 34.9. The fourth-order valence-electron chi connectivity index (χ4n) is 8.17. The van der Waals surface area contributed by atoms with Crippen molar-refractivity contribution in [1.82, 2.24) is 0 Å². The van der Waals surface area contributed by atoms with Gasteiger partial charge in [0.25, 0.3) is 0 Å². The van der Waals surface area contributed by atoms with E-state index in [1.807, 2.05) is 12.1 Å². The number of hydrogen-bond acceptors (Lipinski definition) is 3. The van der Waals surface area contributed by atoms with Gasteiger partial charge in [0.1, 0.15) is 22.3 Å². The summed E-state index contributed by atoms with van der Waals surface area (Å²) in [6.07, 6.45) is 0. The molecule has 0 unspecified atom stereocenters. The van der Waals surface area contributed by atoms with Crippen molar-refractivity contribution in [3.05, 3.63) is 188 Å². The van der Waals surface area contributed by atoms with Gasteiger partial charge in [-0.2, -0.15) is 0 Å². The van der Waals surface area contributed by atoms with Crippen LogP contribution in [0.15, 0.2) is 197 Å². The van der Waals surface area contributed by atoms with Gasteiger partial charge in [-0.1, -0.05) is 127 Å². The second kappa shape index (κ2) is 11.7. The predicted octanol–water partition coefficient (Wildman–Crippen LogP) is 14.6. The van der Waals surface area contributed by atoms with Crippen molar-refractivity contribution < 1.29 is 8.83 Å². The molecule has 0 bridgehead atoms. The van der Waals surface area contributed by atoms with Crippen molar-refractivity contribution >= 4 is 82.5 Å². The fourth-order valence-corrected chi connectivity index (χ4v) is 8.17. The Morgan fingerprint density at radius 2 is 0.981 bits per heavy atom. The average molecular weight is 678 g/mol. The topological polar surface area (TPSA) is 29.5 Å². The quantitative estimate of drug-likeness (QED) is 0.182. The molecule has 0 aliphatic rings. The highest BCUT2D eigenvalue weighted by molar-refractivity contribution is 6.22. The Hall–Kier alpha value is -7.10. The lowest BCUT2D eigenvalue weighted by Crippen LogP contribution is -2.10. The van der Waals surface area contributed by atoms with Crippen LogP contribution in [0.25, 0.3) is 87.7 Å². The normalized spacial score (nSPS) is 11.8. The molecular formula is C50H31NO2. The standard InChI is InChI=1S/C50H31NO2/c1-2-12-34(13-3-1)43-31-48-49(40-16-7-6-15-39(40)43)42-28-27-38(30-47(42)53-48)51(44-18-10-20-46-50(44)41-17-8-9-19-45(41)52-46)37-25-23-33(24-26-37)36-22-21-32-11-4-5-14-35(32)29-36/h1-31H. The van der Waals surface area contributed by atoms with Gasteiger partial charge in [0, 0.05) is 33.6 Å². The Bertz CT molecular complexity index is 3170. The molecule has 11 aromatic rings. The van der Waals surface area contributed by atoms with Crippen LogP contribution in [0.4, 0.5) is 17.1 Å². The van der Waals surface area contributed by atoms with E-state index in [1.54, 1.807) is 0 Å². The number of nitrogens with zero attached hydrogens (tertiary/aromatic N) is 1. The molecule has 3 heteroatoms. The SMILES string of the molecule is c1ccc(-c2cc3oc4cc(N(c5ccc(-c6ccc7ccccc7c6)cc5)c5cccc6oc7ccccc7c56)ccc4c3c3ccccc23)cc1. The van der Waals surface area contributed by atoms with Crippen LogP contribution in [0.1, 0.15) is 0 Å². The minimum absolute atomic E-state index is 0.842. The lowest BCUT2D eigenvalue weighted by molar-refractivity contribution is 0.669. The van der Waals surface area contributed by atoms with Crippen LogP contribution < -0.4 is 4.90 Å². The van der Waals surface area contributed by atoms with Crippen LogP contribution in [0.2, 0.25) is 0 Å². The maximum atomic E-state index is 6.79. The summed E-state index contributed by atoms with van der Waals surface area (Å²) in [6, 6.07) is 66.7. The van der Waals surface area contributed by atoms with E-state index >= 15 is 0 Å². The van der Waals surface area contributed by atoms with Gasteiger partial charge < -0.3 is 13.7 Å². The van der Waals surface area contributed by atoms with Crippen LogP contribution in [0, 0.1) is 0 Å². The summed E-state index contributed by atoms with van der Waals surface area (Å²) in [5.41, 5.74) is 11.2. The maximum absolute atomic E-state index is 6.79. The molecule has 53 heavy (non-hydrogen) atoms. The van der Waals surface area contributed by atoms with Crippen molar-refractivity contribution in [2.45, 2.75) is 0 Å². The highest BCUT2D eigenvalue weighted by atomic mass is 16.3. The van der Waals surface area contributed by atoms with Gasteiger partial charge in [-0.3, -0.25) is 0 Å². The molecule has 0 amide bonds. The molecule has 0 atom stereocenters. The molecule has 0 spiro atoms. The average Bonchev–Trinajstić information content (AvgIpc) is 3.80. The number of furan rings is 2. The first-order chi connectivity index (χ1) is 26.3. The number of rotatable bonds is 5. The van der Waals surface area contributed by atoms with Crippen LogP contribution in [-0.4, -0.2) is 0 Å². The zero-order valence-corrected chi connectivity index (χ0v) is 28.7. The number of fused-ring (bicyclic) bond motifs is 9. The van der Waals surface area contributed by atoms with E-state index in [0.29, 0.717) is 0 Å². The zero-order valence-electron chi connectivity index (χ0n) is 28.7. The monoisotopic (exact) mass is 677 g/mol. The third-order valence-electron chi connectivity index (χ3n) is 10.6. The summed E-state index contributed by atoms with van der Waals surface area (Å²) < 4.78 is 13.2. The molecule has 2 heterocycles. The van der Waals surface area contributed by atoms with E-state index in [-0.39, 0.29) is 0 Å². The summed E-state index contributed by atoms with van der Waals surface area (Å²) in [5.74, 6) is 0. The molecule has 9 aromatic carbocycles. The van der Waals surface area contributed by atoms with Gasteiger partial charge in [-0.15, -0.1) is 0 Å². The Balaban J connectivity index is 1.12. The molecular weight excluding hydrogens is 647 g/mol. The Morgan fingerprint density at radius 1 is 0.321 bits per heavy atom. The molecule has 0 saturated heterocycles. The first kappa shape index (κ1) is 29.6. The van der Waals surface area contributed by atoms with Crippen molar-refractivity contribution in [3.63, 3.8) is 0 Å². The molecule has 0 N–H and O–H groups in total. The summed E-state index contributed by atoms with van der Waals surface area (Å²) in [5, 5.41) is 9.26. The molecule has 0 fully saturated rings. The third-order valence-corrected chi connectivity index (χ3v) is 10.6. The Labute approximate surface area is 305 Å². The predicted molar refractivity (Wildman–Crippen MR) is 222 cm³/mol. The molecule has 3 nitrogen and oxygen atoms in total. The molecule has 11 rings (SSSR count). The lowest BCUT2D eigenvalue weighted by atomic mass is 9.95. The molecule has 0 radical (unpaired) electrons. The van der Waals surface area contributed by atoms with Crippen molar-refractivity contribution in [1.29, 1.82) is 0 Å². The summed E-state index contributed by atoms with van der Waals surface area (Å²) >= 11 is 0. The first-order valence-corrected chi connectivity index (χ1v) is 18.0.